The third-order valence-electron chi connectivity index (χ3n) is 3.47. The third kappa shape index (κ3) is 4.71. The number of halogens is 2. The molecule has 0 unspecified atom stereocenters. The van der Waals surface area contributed by atoms with Crippen molar-refractivity contribution in [2.24, 2.45) is 11.8 Å². The molecule has 0 spiro atoms. The van der Waals surface area contributed by atoms with E-state index >= 15 is 0 Å². The number of benzene rings is 1. The van der Waals surface area contributed by atoms with E-state index in [1.807, 2.05) is 6.92 Å². The van der Waals surface area contributed by atoms with E-state index in [1.54, 1.807) is 13.0 Å². The number of nitrogens with zero attached hydrogens (tertiary/aromatic N) is 2. The molecular weight excluding hydrogens is 298 g/mol. The molecule has 2 rings (SSSR count). The van der Waals surface area contributed by atoms with Crippen LogP contribution in [0.4, 0.5) is 8.78 Å². The molecule has 124 valence electrons. The standard InChI is InChI=1S/C18H22F2N2O/c1-11(2)7-12(3)10-23-18-9-15(19)14(8-16(18)20)17-5-6-21-13(4)22-17/h5-6,8-9,11-12H,7,10H2,1-4H3/t12-/m1/s1. The van der Waals surface area contributed by atoms with Crippen LogP contribution < -0.4 is 4.74 Å². The lowest BCUT2D eigenvalue weighted by Gasteiger charge is -2.16. The van der Waals surface area contributed by atoms with Gasteiger partial charge in [-0.2, -0.15) is 0 Å². The van der Waals surface area contributed by atoms with E-state index in [2.05, 4.69) is 23.8 Å². The maximum atomic E-state index is 14.3. The summed E-state index contributed by atoms with van der Waals surface area (Å²) in [4.78, 5) is 8.08. The fraction of sp³-hybridized carbons (Fsp3) is 0.444. The zero-order valence-electron chi connectivity index (χ0n) is 13.9. The van der Waals surface area contributed by atoms with Crippen molar-refractivity contribution in [3.8, 4) is 17.0 Å². The predicted octanol–water partition coefficient (Wildman–Crippen LogP) is 4.79. The van der Waals surface area contributed by atoms with Crippen LogP contribution in [-0.4, -0.2) is 16.6 Å². The van der Waals surface area contributed by atoms with Gasteiger partial charge in [-0.25, -0.2) is 18.7 Å². The predicted molar refractivity (Wildman–Crippen MR) is 86.2 cm³/mol. The van der Waals surface area contributed by atoms with Gasteiger partial charge >= 0.3 is 0 Å². The van der Waals surface area contributed by atoms with Gasteiger partial charge in [0, 0.05) is 17.8 Å². The van der Waals surface area contributed by atoms with E-state index < -0.39 is 11.6 Å². The van der Waals surface area contributed by atoms with E-state index in [0.717, 1.165) is 18.6 Å². The topological polar surface area (TPSA) is 35.0 Å². The van der Waals surface area contributed by atoms with Gasteiger partial charge in [-0.15, -0.1) is 0 Å². The molecule has 5 heteroatoms. The summed E-state index contributed by atoms with van der Waals surface area (Å²) in [5.74, 6) is 0.114. The van der Waals surface area contributed by atoms with Crippen molar-refractivity contribution < 1.29 is 13.5 Å². The number of ether oxygens (including phenoxy) is 1. The molecule has 2 aromatic rings. The van der Waals surface area contributed by atoms with E-state index in [0.29, 0.717) is 24.0 Å². The van der Waals surface area contributed by atoms with E-state index in [4.69, 9.17) is 4.74 Å². The summed E-state index contributed by atoms with van der Waals surface area (Å²) < 4.78 is 33.9. The molecule has 0 aliphatic rings. The molecule has 0 aliphatic heterocycles. The molecule has 1 atom stereocenters. The number of rotatable bonds is 6. The molecule has 3 nitrogen and oxygen atoms in total. The summed E-state index contributed by atoms with van der Waals surface area (Å²) in [6.07, 6.45) is 2.50. The minimum Gasteiger partial charge on any atom is -0.490 e. The molecule has 1 heterocycles. The van der Waals surface area contributed by atoms with Crippen molar-refractivity contribution in [2.75, 3.05) is 6.61 Å². The third-order valence-corrected chi connectivity index (χ3v) is 3.47. The van der Waals surface area contributed by atoms with Crippen molar-refractivity contribution >= 4 is 0 Å². The first-order chi connectivity index (χ1) is 10.9. The van der Waals surface area contributed by atoms with Gasteiger partial charge in [0.1, 0.15) is 11.6 Å². The highest BCUT2D eigenvalue weighted by atomic mass is 19.1. The molecule has 0 saturated heterocycles. The van der Waals surface area contributed by atoms with Gasteiger partial charge in [-0.3, -0.25) is 0 Å². The summed E-state index contributed by atoms with van der Waals surface area (Å²) in [7, 11) is 0. The van der Waals surface area contributed by atoms with Gasteiger partial charge in [-0.05, 0) is 37.3 Å². The van der Waals surface area contributed by atoms with Crippen LogP contribution >= 0.6 is 0 Å². The largest absolute Gasteiger partial charge is 0.490 e. The molecule has 0 amide bonds. The lowest BCUT2D eigenvalue weighted by atomic mass is 10.00. The summed E-state index contributed by atoms with van der Waals surface area (Å²) in [5, 5.41) is 0. The van der Waals surface area contributed by atoms with Crippen LogP contribution in [0.25, 0.3) is 11.3 Å². The highest BCUT2D eigenvalue weighted by Gasteiger charge is 2.15. The van der Waals surface area contributed by atoms with Crippen LogP contribution in [-0.2, 0) is 0 Å². The molecule has 1 aromatic heterocycles. The Bertz CT molecular complexity index is 674. The second kappa shape index (κ2) is 7.49. The highest BCUT2D eigenvalue weighted by Crippen LogP contribution is 2.28. The molecule has 0 saturated carbocycles. The molecule has 23 heavy (non-hydrogen) atoms. The number of aryl methyl sites for hydroxylation is 1. The second-order valence-corrected chi connectivity index (χ2v) is 6.30. The quantitative estimate of drug-likeness (QED) is 0.767. The Labute approximate surface area is 135 Å². The van der Waals surface area contributed by atoms with Crippen molar-refractivity contribution in [1.29, 1.82) is 0 Å². The molecular formula is C18H22F2N2O. The van der Waals surface area contributed by atoms with Gasteiger partial charge in [0.05, 0.1) is 12.3 Å². The maximum absolute atomic E-state index is 14.3. The summed E-state index contributed by atoms with van der Waals surface area (Å²) >= 11 is 0. The van der Waals surface area contributed by atoms with E-state index in [9.17, 15) is 8.78 Å². The average Bonchev–Trinajstić information content (AvgIpc) is 2.47. The first kappa shape index (κ1) is 17.3. The number of hydrogen-bond donors (Lipinski definition) is 0. The monoisotopic (exact) mass is 320 g/mol. The van der Waals surface area contributed by atoms with Crippen molar-refractivity contribution in [3.63, 3.8) is 0 Å². The van der Waals surface area contributed by atoms with Crippen LogP contribution in [0.3, 0.4) is 0 Å². The zero-order valence-corrected chi connectivity index (χ0v) is 13.9. The molecule has 0 N–H and O–H groups in total. The summed E-state index contributed by atoms with van der Waals surface area (Å²) in [6.45, 7) is 8.34. The second-order valence-electron chi connectivity index (χ2n) is 6.30. The smallest absolute Gasteiger partial charge is 0.165 e. The fourth-order valence-corrected chi connectivity index (χ4v) is 2.55. The van der Waals surface area contributed by atoms with Crippen LogP contribution in [0.1, 0.15) is 33.0 Å². The lowest BCUT2D eigenvalue weighted by molar-refractivity contribution is 0.229. The van der Waals surface area contributed by atoms with Crippen LogP contribution in [0.15, 0.2) is 24.4 Å². The first-order valence-corrected chi connectivity index (χ1v) is 7.78. The van der Waals surface area contributed by atoms with Gasteiger partial charge in [0.25, 0.3) is 0 Å². The Morgan fingerprint density at radius 2 is 1.87 bits per heavy atom. The Morgan fingerprint density at radius 3 is 2.52 bits per heavy atom. The van der Waals surface area contributed by atoms with E-state index in [1.165, 1.54) is 6.20 Å². The highest BCUT2D eigenvalue weighted by molar-refractivity contribution is 5.61. The van der Waals surface area contributed by atoms with Crippen molar-refractivity contribution in [1.82, 2.24) is 9.97 Å². The normalized spacial score (nSPS) is 12.5. The Kier molecular flexibility index (Phi) is 5.64. The first-order valence-electron chi connectivity index (χ1n) is 7.78. The fourth-order valence-electron chi connectivity index (χ4n) is 2.55. The number of aromatic nitrogens is 2. The van der Waals surface area contributed by atoms with Crippen molar-refractivity contribution in [2.45, 2.75) is 34.1 Å². The van der Waals surface area contributed by atoms with Gasteiger partial charge in [-0.1, -0.05) is 20.8 Å². The molecule has 0 bridgehead atoms. The maximum Gasteiger partial charge on any atom is 0.165 e. The molecule has 0 radical (unpaired) electrons. The van der Waals surface area contributed by atoms with Crippen LogP contribution in [0.5, 0.6) is 5.75 Å². The average molecular weight is 320 g/mol. The SMILES string of the molecule is Cc1nccc(-c2cc(F)c(OC[C@H](C)CC(C)C)cc2F)n1. The van der Waals surface area contributed by atoms with Gasteiger partial charge < -0.3 is 4.74 Å². The zero-order chi connectivity index (χ0) is 17.0. The van der Waals surface area contributed by atoms with E-state index in [-0.39, 0.29) is 17.2 Å². The van der Waals surface area contributed by atoms with Crippen LogP contribution in [0.2, 0.25) is 0 Å². The van der Waals surface area contributed by atoms with Crippen molar-refractivity contribution in [3.05, 3.63) is 41.9 Å². The Hall–Kier alpha value is -2.04. The Balaban J connectivity index is 2.17. The van der Waals surface area contributed by atoms with Crippen LogP contribution in [0, 0.1) is 30.4 Å². The lowest BCUT2D eigenvalue weighted by Crippen LogP contribution is -2.12. The summed E-state index contributed by atoms with van der Waals surface area (Å²) in [6, 6.07) is 3.76. The molecule has 0 fully saturated rings. The Morgan fingerprint density at radius 1 is 1.13 bits per heavy atom. The summed E-state index contributed by atoms with van der Waals surface area (Å²) in [5.41, 5.74) is 0.462. The molecule has 0 aliphatic carbocycles. The molecule has 1 aromatic carbocycles. The number of hydrogen-bond acceptors (Lipinski definition) is 3. The minimum atomic E-state index is -0.589. The minimum absolute atomic E-state index is 0.0624. The van der Waals surface area contributed by atoms with Gasteiger partial charge in [0.15, 0.2) is 11.6 Å². The van der Waals surface area contributed by atoms with Gasteiger partial charge in [0.2, 0.25) is 0 Å².